The highest BCUT2D eigenvalue weighted by molar-refractivity contribution is 5.29. The lowest BCUT2D eigenvalue weighted by molar-refractivity contribution is 0.0285. The molecule has 0 aromatic carbocycles. The van der Waals surface area contributed by atoms with Gasteiger partial charge in [0.15, 0.2) is 0 Å². The van der Waals surface area contributed by atoms with Gasteiger partial charge in [-0.3, -0.25) is 4.98 Å². The van der Waals surface area contributed by atoms with Crippen molar-refractivity contribution >= 4 is 0 Å². The minimum atomic E-state index is 0.536. The van der Waals surface area contributed by atoms with Gasteiger partial charge < -0.3 is 4.74 Å². The zero-order chi connectivity index (χ0) is 15.4. The molecule has 1 saturated heterocycles. The summed E-state index contributed by atoms with van der Waals surface area (Å²) in [5.41, 5.74) is 3.73. The van der Waals surface area contributed by atoms with Gasteiger partial charge in [-0.25, -0.2) is 0 Å². The number of pyridine rings is 1. The lowest BCUT2D eigenvalue weighted by Crippen LogP contribution is -2.14. The third kappa shape index (κ3) is 7.44. The van der Waals surface area contributed by atoms with Crippen LogP contribution in [0.5, 0.6) is 0 Å². The molecule has 1 aliphatic rings. The van der Waals surface area contributed by atoms with E-state index in [1.807, 2.05) is 39.1 Å². The highest BCUT2D eigenvalue weighted by Crippen LogP contribution is 2.11. The first kappa shape index (κ1) is 18.9. The van der Waals surface area contributed by atoms with E-state index < -0.39 is 0 Å². The molecule has 0 bridgehead atoms. The van der Waals surface area contributed by atoms with E-state index in [0.717, 1.165) is 18.7 Å². The number of hydrogen-bond acceptors (Lipinski definition) is 2. The molecule has 0 radical (unpaired) electrons. The van der Waals surface area contributed by atoms with E-state index in [0.29, 0.717) is 6.10 Å². The van der Waals surface area contributed by atoms with Gasteiger partial charge in [0.25, 0.3) is 0 Å². The molecule has 114 valence electrons. The Kier molecular flexibility index (Phi) is 11.0. The second-order valence-corrected chi connectivity index (χ2v) is 4.85. The lowest BCUT2D eigenvalue weighted by atomic mass is 10.1. The fourth-order valence-corrected chi connectivity index (χ4v) is 1.97. The maximum absolute atomic E-state index is 5.28. The minimum absolute atomic E-state index is 0.536. The molecule has 0 amide bonds. The Morgan fingerprint density at radius 1 is 1.35 bits per heavy atom. The van der Waals surface area contributed by atoms with E-state index >= 15 is 0 Å². The Morgan fingerprint density at radius 2 is 2.05 bits per heavy atom. The van der Waals surface area contributed by atoms with E-state index in [1.165, 1.54) is 30.4 Å². The van der Waals surface area contributed by atoms with Gasteiger partial charge in [0.1, 0.15) is 0 Å². The van der Waals surface area contributed by atoms with Crippen LogP contribution in [0.25, 0.3) is 0 Å². The Balaban J connectivity index is 0.000000345. The van der Waals surface area contributed by atoms with Gasteiger partial charge in [0, 0.05) is 18.5 Å². The molecule has 1 aromatic heterocycles. The lowest BCUT2D eigenvalue weighted by Gasteiger charge is -2.17. The maximum atomic E-state index is 5.28. The van der Waals surface area contributed by atoms with Crippen LogP contribution in [-0.2, 0) is 11.2 Å². The highest BCUT2D eigenvalue weighted by atomic mass is 16.5. The molecule has 1 unspecified atom stereocenters. The summed E-state index contributed by atoms with van der Waals surface area (Å²) in [6.07, 6.45) is 9.14. The van der Waals surface area contributed by atoms with Gasteiger partial charge in [0.2, 0.25) is 0 Å². The van der Waals surface area contributed by atoms with Crippen molar-refractivity contribution in [2.45, 2.75) is 66.4 Å². The molecule has 1 fully saturated rings. The van der Waals surface area contributed by atoms with Crippen LogP contribution in [0.2, 0.25) is 0 Å². The third-order valence-electron chi connectivity index (χ3n) is 3.34. The van der Waals surface area contributed by atoms with E-state index in [9.17, 15) is 0 Å². The van der Waals surface area contributed by atoms with E-state index in [1.54, 1.807) is 0 Å². The number of hydrogen-bond donors (Lipinski definition) is 0. The number of ether oxygens (including phenoxy) is 1. The van der Waals surface area contributed by atoms with E-state index in [-0.39, 0.29) is 0 Å². The summed E-state index contributed by atoms with van der Waals surface area (Å²) in [5.74, 6) is 0. The zero-order valence-electron chi connectivity index (χ0n) is 13.9. The first-order valence-electron chi connectivity index (χ1n) is 7.78. The number of allylic oxidation sites excluding steroid dienone is 1. The first-order valence-corrected chi connectivity index (χ1v) is 7.78. The van der Waals surface area contributed by atoms with Gasteiger partial charge in [0.05, 0.1) is 6.10 Å². The first-order chi connectivity index (χ1) is 9.65. The fourth-order valence-electron chi connectivity index (χ4n) is 1.97. The maximum Gasteiger partial charge on any atom is 0.0547 e. The molecule has 2 rings (SSSR count). The van der Waals surface area contributed by atoms with Gasteiger partial charge >= 0.3 is 0 Å². The van der Waals surface area contributed by atoms with Crippen molar-refractivity contribution in [3.63, 3.8) is 0 Å². The average Bonchev–Trinajstić information content (AvgIpc) is 2.48. The van der Waals surface area contributed by atoms with Gasteiger partial charge in [-0.15, -0.1) is 6.58 Å². The van der Waals surface area contributed by atoms with Crippen molar-refractivity contribution in [3.8, 4) is 0 Å². The van der Waals surface area contributed by atoms with Crippen molar-refractivity contribution in [2.75, 3.05) is 6.61 Å². The summed E-state index contributed by atoms with van der Waals surface area (Å²) in [6.45, 7) is 15.0. The van der Waals surface area contributed by atoms with Crippen molar-refractivity contribution in [1.29, 1.82) is 0 Å². The van der Waals surface area contributed by atoms with Crippen LogP contribution in [-0.4, -0.2) is 17.7 Å². The number of aryl methyl sites for hydroxylation is 1. The van der Waals surface area contributed by atoms with Crippen LogP contribution in [0.4, 0.5) is 0 Å². The standard InChI is InChI=1S/C10H13N.C6H12O.C2H6/c1-4-5-10-6-7-11-9(3)8(10)2;1-6-4-2-3-5-7-6;1-2/h4,6-7H,1,5H2,2-3H3;6H,2-5H2,1H3;1-2H3. The Bertz CT molecular complexity index is 368. The van der Waals surface area contributed by atoms with Crippen molar-refractivity contribution in [2.24, 2.45) is 0 Å². The summed E-state index contributed by atoms with van der Waals surface area (Å²) >= 11 is 0. The molecular formula is C18H31NO. The van der Waals surface area contributed by atoms with Crippen LogP contribution in [0.1, 0.15) is 56.9 Å². The monoisotopic (exact) mass is 277 g/mol. The predicted molar refractivity (Wildman–Crippen MR) is 88.2 cm³/mol. The molecule has 2 nitrogen and oxygen atoms in total. The molecular weight excluding hydrogens is 246 g/mol. The normalized spacial score (nSPS) is 17.1. The summed E-state index contributed by atoms with van der Waals surface area (Å²) < 4.78 is 5.28. The Labute approximate surface area is 125 Å². The van der Waals surface area contributed by atoms with Crippen LogP contribution in [0.3, 0.4) is 0 Å². The third-order valence-corrected chi connectivity index (χ3v) is 3.34. The topological polar surface area (TPSA) is 22.1 Å². The number of aromatic nitrogens is 1. The molecule has 2 heterocycles. The van der Waals surface area contributed by atoms with Crippen LogP contribution in [0, 0.1) is 13.8 Å². The SMILES string of the molecule is C=CCc1ccnc(C)c1C.CC.CC1CCCCO1. The van der Waals surface area contributed by atoms with Crippen LogP contribution >= 0.6 is 0 Å². The van der Waals surface area contributed by atoms with Gasteiger partial charge in [-0.2, -0.15) is 0 Å². The largest absolute Gasteiger partial charge is 0.379 e. The molecule has 1 aliphatic heterocycles. The Morgan fingerprint density at radius 3 is 2.50 bits per heavy atom. The van der Waals surface area contributed by atoms with E-state index in [4.69, 9.17) is 4.74 Å². The summed E-state index contributed by atoms with van der Waals surface area (Å²) in [4.78, 5) is 4.19. The number of nitrogens with zero attached hydrogens (tertiary/aromatic N) is 1. The predicted octanol–water partition coefficient (Wildman–Crippen LogP) is 5.03. The summed E-state index contributed by atoms with van der Waals surface area (Å²) in [7, 11) is 0. The van der Waals surface area contributed by atoms with Crippen LogP contribution in [0.15, 0.2) is 24.9 Å². The molecule has 20 heavy (non-hydrogen) atoms. The fraction of sp³-hybridized carbons (Fsp3) is 0.611. The average molecular weight is 277 g/mol. The minimum Gasteiger partial charge on any atom is -0.379 e. The smallest absolute Gasteiger partial charge is 0.0547 e. The van der Waals surface area contributed by atoms with E-state index in [2.05, 4.69) is 25.4 Å². The Hall–Kier alpha value is -1.15. The number of rotatable bonds is 2. The molecule has 1 atom stereocenters. The molecule has 0 aliphatic carbocycles. The van der Waals surface area contributed by atoms with Crippen molar-refractivity contribution in [1.82, 2.24) is 4.98 Å². The van der Waals surface area contributed by atoms with Gasteiger partial charge in [-0.1, -0.05) is 19.9 Å². The highest BCUT2D eigenvalue weighted by Gasteiger charge is 2.05. The van der Waals surface area contributed by atoms with Crippen molar-refractivity contribution < 1.29 is 4.74 Å². The summed E-state index contributed by atoms with van der Waals surface area (Å²) in [5, 5.41) is 0. The molecule has 0 saturated carbocycles. The zero-order valence-corrected chi connectivity index (χ0v) is 13.9. The summed E-state index contributed by atoms with van der Waals surface area (Å²) in [6, 6.07) is 2.05. The molecule has 1 aromatic rings. The van der Waals surface area contributed by atoms with Gasteiger partial charge in [-0.05, 0) is 63.6 Å². The molecule has 0 spiro atoms. The second-order valence-electron chi connectivity index (χ2n) is 4.85. The quantitative estimate of drug-likeness (QED) is 0.707. The molecule has 0 N–H and O–H groups in total. The van der Waals surface area contributed by atoms with Crippen molar-refractivity contribution in [3.05, 3.63) is 41.7 Å². The second kappa shape index (κ2) is 11.7. The van der Waals surface area contributed by atoms with Crippen LogP contribution < -0.4 is 0 Å². The molecule has 2 heteroatoms.